The fraction of sp³-hybridized carbons (Fsp3) is 0.615. The van der Waals surface area contributed by atoms with Crippen LogP contribution in [0, 0.1) is 11.3 Å². The smallest absolute Gasteiger partial charge is 0.239 e. The Balaban J connectivity index is 2.38. The highest BCUT2D eigenvalue weighted by molar-refractivity contribution is 5.81. The van der Waals surface area contributed by atoms with Crippen LogP contribution in [0.2, 0.25) is 0 Å². The van der Waals surface area contributed by atoms with E-state index < -0.39 is 0 Å². The second-order valence-electron chi connectivity index (χ2n) is 4.69. The maximum absolute atomic E-state index is 12.0. The molecule has 0 aliphatic carbocycles. The summed E-state index contributed by atoms with van der Waals surface area (Å²) in [6, 6.07) is 3.78. The van der Waals surface area contributed by atoms with Crippen molar-refractivity contribution in [3.8, 4) is 6.07 Å². The summed E-state index contributed by atoms with van der Waals surface area (Å²) in [7, 11) is 1.72. The van der Waals surface area contributed by atoms with Crippen molar-refractivity contribution in [3.63, 3.8) is 0 Å². The lowest BCUT2D eigenvalue weighted by molar-refractivity contribution is -0.131. The number of nitriles is 1. The molecule has 0 fully saturated rings. The molecule has 1 aromatic heterocycles. The Morgan fingerprint density at radius 2 is 2.32 bits per heavy atom. The van der Waals surface area contributed by atoms with E-state index >= 15 is 0 Å². The summed E-state index contributed by atoms with van der Waals surface area (Å²) < 4.78 is 1.83. The van der Waals surface area contributed by atoms with Crippen molar-refractivity contribution in [3.05, 3.63) is 18.5 Å². The maximum Gasteiger partial charge on any atom is 0.239 e. The number of nitrogens with zero attached hydrogens (tertiary/aromatic N) is 4. The van der Waals surface area contributed by atoms with Gasteiger partial charge in [0.1, 0.15) is 0 Å². The first-order chi connectivity index (χ1) is 9.04. The molecule has 1 amide bonds. The molecular weight excluding hydrogens is 242 g/mol. The Bertz CT molecular complexity index is 423. The minimum absolute atomic E-state index is 0.00238. The summed E-state index contributed by atoms with van der Waals surface area (Å²) in [6.45, 7) is 5.03. The van der Waals surface area contributed by atoms with E-state index in [0.29, 0.717) is 19.5 Å². The van der Waals surface area contributed by atoms with Crippen molar-refractivity contribution in [2.24, 2.45) is 0 Å². The fourth-order valence-corrected chi connectivity index (χ4v) is 1.90. The lowest BCUT2D eigenvalue weighted by Gasteiger charge is -2.24. The summed E-state index contributed by atoms with van der Waals surface area (Å²) in [5.41, 5.74) is 0. The highest BCUT2D eigenvalue weighted by Gasteiger charge is 2.18. The lowest BCUT2D eigenvalue weighted by Crippen LogP contribution is -2.47. The van der Waals surface area contributed by atoms with Gasteiger partial charge >= 0.3 is 0 Å². The molecule has 1 heterocycles. The number of likely N-dealkylation sites (N-methyl/N-ethyl adjacent to an activating group) is 1. The normalized spacial score (nSPS) is 13.6. The van der Waals surface area contributed by atoms with E-state index in [1.54, 1.807) is 18.1 Å². The Kier molecular flexibility index (Phi) is 6.03. The van der Waals surface area contributed by atoms with Crippen molar-refractivity contribution in [2.75, 3.05) is 13.6 Å². The van der Waals surface area contributed by atoms with E-state index in [4.69, 9.17) is 5.26 Å². The van der Waals surface area contributed by atoms with Crippen molar-refractivity contribution >= 4 is 5.91 Å². The average Bonchev–Trinajstić information content (AvgIpc) is 2.87. The third-order valence-electron chi connectivity index (χ3n) is 2.86. The molecule has 0 saturated carbocycles. The molecule has 0 aliphatic rings. The molecule has 0 aliphatic heterocycles. The van der Waals surface area contributed by atoms with Gasteiger partial charge in [-0.25, -0.2) is 0 Å². The van der Waals surface area contributed by atoms with Crippen LogP contribution < -0.4 is 5.32 Å². The topological polar surface area (TPSA) is 74.0 Å². The summed E-state index contributed by atoms with van der Waals surface area (Å²) in [6.07, 6.45) is 3.98. The van der Waals surface area contributed by atoms with Gasteiger partial charge in [0.2, 0.25) is 5.91 Å². The highest BCUT2D eigenvalue weighted by Crippen LogP contribution is 1.97. The predicted molar refractivity (Wildman–Crippen MR) is 72.2 cm³/mol. The number of amides is 1. The molecule has 6 heteroatoms. The van der Waals surface area contributed by atoms with E-state index in [1.165, 1.54) is 0 Å². The van der Waals surface area contributed by atoms with Gasteiger partial charge in [-0.2, -0.15) is 10.4 Å². The minimum Gasteiger partial charge on any atom is -0.343 e. The van der Waals surface area contributed by atoms with Crippen LogP contribution in [0.4, 0.5) is 0 Å². The van der Waals surface area contributed by atoms with Gasteiger partial charge < -0.3 is 10.2 Å². The van der Waals surface area contributed by atoms with Gasteiger partial charge in [-0.15, -0.1) is 0 Å². The number of hydrogen-bond donors (Lipinski definition) is 1. The molecule has 0 bridgehead atoms. The number of carbonyl (C=O) groups excluding carboxylic acids is 1. The summed E-state index contributed by atoms with van der Waals surface area (Å²) in [5, 5.41) is 15.9. The molecule has 0 saturated heterocycles. The van der Waals surface area contributed by atoms with E-state index in [-0.39, 0.29) is 18.0 Å². The second kappa shape index (κ2) is 7.54. The molecule has 0 radical (unpaired) electrons. The van der Waals surface area contributed by atoms with Crippen LogP contribution in [0.1, 0.15) is 20.3 Å². The van der Waals surface area contributed by atoms with Crippen molar-refractivity contribution in [1.29, 1.82) is 5.26 Å². The first kappa shape index (κ1) is 15.2. The zero-order valence-corrected chi connectivity index (χ0v) is 11.7. The molecule has 1 N–H and O–H groups in total. The molecule has 0 aromatic carbocycles. The standard InChI is InChI=1S/C13H21N5O/c1-11(10-18-9-5-7-15-18)16-12(2)13(19)17(3)8-4-6-14/h5,7,9,11-12,16H,4,8,10H2,1-3H3/t11-,12-/m0/s1. The molecular formula is C13H21N5O. The Morgan fingerprint density at radius 3 is 2.89 bits per heavy atom. The van der Waals surface area contributed by atoms with E-state index in [0.717, 1.165) is 0 Å². The second-order valence-corrected chi connectivity index (χ2v) is 4.69. The number of nitrogens with one attached hydrogen (secondary N) is 1. The van der Waals surface area contributed by atoms with Crippen LogP contribution in [0.15, 0.2) is 18.5 Å². The number of aromatic nitrogens is 2. The van der Waals surface area contributed by atoms with E-state index in [1.807, 2.05) is 36.9 Å². The van der Waals surface area contributed by atoms with Gasteiger partial charge in [-0.05, 0) is 19.9 Å². The van der Waals surface area contributed by atoms with E-state index in [9.17, 15) is 4.79 Å². The van der Waals surface area contributed by atoms with Gasteiger partial charge in [0.05, 0.1) is 25.1 Å². The Morgan fingerprint density at radius 1 is 1.58 bits per heavy atom. The third-order valence-corrected chi connectivity index (χ3v) is 2.86. The summed E-state index contributed by atoms with van der Waals surface area (Å²) in [4.78, 5) is 13.6. The van der Waals surface area contributed by atoms with Gasteiger partial charge in [0, 0.05) is 32.0 Å². The first-order valence-corrected chi connectivity index (χ1v) is 6.40. The minimum atomic E-state index is -0.269. The van der Waals surface area contributed by atoms with Crippen LogP contribution in [-0.4, -0.2) is 46.3 Å². The molecule has 1 aromatic rings. The predicted octanol–water partition coefficient (Wildman–Crippen LogP) is 0.622. The quantitative estimate of drug-likeness (QED) is 0.782. The lowest BCUT2D eigenvalue weighted by atomic mass is 10.2. The van der Waals surface area contributed by atoms with Gasteiger partial charge in [0.25, 0.3) is 0 Å². The molecule has 0 spiro atoms. The largest absolute Gasteiger partial charge is 0.343 e. The zero-order chi connectivity index (χ0) is 14.3. The summed E-state index contributed by atoms with van der Waals surface area (Å²) >= 11 is 0. The third kappa shape index (κ3) is 5.10. The molecule has 104 valence electrons. The number of rotatable bonds is 7. The molecule has 19 heavy (non-hydrogen) atoms. The summed E-state index contributed by atoms with van der Waals surface area (Å²) in [5.74, 6) is 0.00238. The monoisotopic (exact) mass is 263 g/mol. The average molecular weight is 263 g/mol. The van der Waals surface area contributed by atoms with Crippen molar-refractivity contribution in [2.45, 2.75) is 38.9 Å². The zero-order valence-electron chi connectivity index (χ0n) is 11.7. The van der Waals surface area contributed by atoms with Crippen LogP contribution in [0.25, 0.3) is 0 Å². The van der Waals surface area contributed by atoms with Gasteiger partial charge in [0.15, 0.2) is 0 Å². The number of hydrogen-bond acceptors (Lipinski definition) is 4. The molecule has 1 rings (SSSR count). The van der Waals surface area contributed by atoms with Crippen LogP contribution in [0.5, 0.6) is 0 Å². The Labute approximate surface area is 114 Å². The van der Waals surface area contributed by atoms with Crippen molar-refractivity contribution < 1.29 is 4.79 Å². The Hall–Kier alpha value is -1.87. The first-order valence-electron chi connectivity index (χ1n) is 6.40. The number of carbonyl (C=O) groups is 1. The van der Waals surface area contributed by atoms with E-state index in [2.05, 4.69) is 10.4 Å². The fourth-order valence-electron chi connectivity index (χ4n) is 1.90. The molecule has 0 unspecified atom stereocenters. The molecule has 6 nitrogen and oxygen atoms in total. The highest BCUT2D eigenvalue weighted by atomic mass is 16.2. The maximum atomic E-state index is 12.0. The van der Waals surface area contributed by atoms with Gasteiger partial charge in [-0.3, -0.25) is 9.48 Å². The van der Waals surface area contributed by atoms with Crippen molar-refractivity contribution in [1.82, 2.24) is 20.0 Å². The van der Waals surface area contributed by atoms with Crippen LogP contribution in [-0.2, 0) is 11.3 Å². The SMILES string of the molecule is C[C@H](N[C@@H](C)Cn1cccn1)C(=O)N(C)CCC#N. The van der Waals surface area contributed by atoms with Crippen LogP contribution in [0.3, 0.4) is 0 Å². The molecule has 2 atom stereocenters. The van der Waals surface area contributed by atoms with Crippen LogP contribution >= 0.6 is 0 Å². The van der Waals surface area contributed by atoms with Gasteiger partial charge in [-0.1, -0.05) is 0 Å².